The molecule has 0 fully saturated rings. The van der Waals surface area contributed by atoms with Crippen molar-refractivity contribution >= 4 is 17.2 Å². The van der Waals surface area contributed by atoms with Crippen LogP contribution >= 0.6 is 11.6 Å². The van der Waals surface area contributed by atoms with Gasteiger partial charge in [-0.15, -0.1) is 0 Å². The molecule has 0 aliphatic heterocycles. The van der Waals surface area contributed by atoms with E-state index in [9.17, 15) is 4.79 Å². The van der Waals surface area contributed by atoms with Gasteiger partial charge in [0.1, 0.15) is 36.8 Å². The van der Waals surface area contributed by atoms with Crippen LogP contribution in [0.5, 0.6) is 5.75 Å². The number of benzene rings is 1. The lowest BCUT2D eigenvalue weighted by Crippen LogP contribution is -3.08. The summed E-state index contributed by atoms with van der Waals surface area (Å²) in [5.41, 5.74) is 2.33. The molecule has 1 N–H and O–H groups in total. The molecule has 0 aliphatic rings. The normalized spacial score (nSPS) is 12.3. The molecule has 0 amide bonds. The van der Waals surface area contributed by atoms with Crippen LogP contribution in [0.1, 0.15) is 11.4 Å². The Bertz CT molecular complexity index is 922. The van der Waals surface area contributed by atoms with Gasteiger partial charge in [0.25, 0.3) is 5.56 Å². The summed E-state index contributed by atoms with van der Waals surface area (Å²) in [6, 6.07) is 14.6. The third kappa shape index (κ3) is 4.38. The zero-order chi connectivity index (χ0) is 17.8. The quantitative estimate of drug-likeness (QED) is 0.730. The Hall–Kier alpha value is -2.37. The number of likely N-dealkylation sites (N-methyl/N-ethyl adjacent to an activating group) is 1. The fraction of sp³-hybridized carbons (Fsp3) is 0.263. The van der Waals surface area contributed by atoms with Crippen molar-refractivity contribution in [2.45, 2.75) is 13.5 Å². The Labute approximate surface area is 151 Å². The molecule has 2 aromatic heterocycles. The minimum atomic E-state index is -0.0386. The number of halogens is 1. The fourth-order valence-electron chi connectivity index (χ4n) is 2.73. The zero-order valence-corrected chi connectivity index (χ0v) is 15.1. The highest BCUT2D eigenvalue weighted by Crippen LogP contribution is 2.14. The zero-order valence-electron chi connectivity index (χ0n) is 14.3. The molecule has 25 heavy (non-hydrogen) atoms. The van der Waals surface area contributed by atoms with Crippen molar-refractivity contribution < 1.29 is 9.64 Å². The first-order chi connectivity index (χ1) is 12.0. The highest BCUT2D eigenvalue weighted by Gasteiger charge is 2.09. The van der Waals surface area contributed by atoms with E-state index >= 15 is 0 Å². The SMILES string of the molecule is Cc1cccc2nc(C[NH+](C)CCOc3ccc(Cl)cc3)cc(=O)n12. The van der Waals surface area contributed by atoms with Gasteiger partial charge in [-0.1, -0.05) is 17.7 Å². The molecule has 0 bridgehead atoms. The van der Waals surface area contributed by atoms with Crippen LogP contribution in [0.2, 0.25) is 5.02 Å². The van der Waals surface area contributed by atoms with E-state index in [4.69, 9.17) is 16.3 Å². The Morgan fingerprint density at radius 3 is 2.72 bits per heavy atom. The Morgan fingerprint density at radius 2 is 1.96 bits per heavy atom. The summed E-state index contributed by atoms with van der Waals surface area (Å²) >= 11 is 5.86. The first-order valence-electron chi connectivity index (χ1n) is 8.21. The van der Waals surface area contributed by atoms with Gasteiger partial charge < -0.3 is 9.64 Å². The van der Waals surface area contributed by atoms with Gasteiger partial charge in [0.2, 0.25) is 0 Å². The van der Waals surface area contributed by atoms with Crippen LogP contribution in [-0.2, 0) is 6.54 Å². The molecule has 0 saturated carbocycles. The minimum absolute atomic E-state index is 0.0386. The molecule has 3 aromatic rings. The first kappa shape index (κ1) is 17.5. The van der Waals surface area contributed by atoms with Crippen LogP contribution < -0.4 is 15.2 Å². The number of nitrogens with zero attached hydrogens (tertiary/aromatic N) is 2. The third-order valence-electron chi connectivity index (χ3n) is 4.03. The molecule has 130 valence electrons. The topological polar surface area (TPSA) is 48.0 Å². The number of aryl methyl sites for hydroxylation is 1. The molecule has 1 unspecified atom stereocenters. The summed E-state index contributed by atoms with van der Waals surface area (Å²) in [6.07, 6.45) is 0. The summed E-state index contributed by atoms with van der Waals surface area (Å²) in [7, 11) is 2.06. The molecule has 0 saturated heterocycles. The van der Waals surface area contributed by atoms with E-state index < -0.39 is 0 Å². The summed E-state index contributed by atoms with van der Waals surface area (Å²) in [5.74, 6) is 0.801. The molecule has 0 radical (unpaired) electrons. The van der Waals surface area contributed by atoms with Crippen molar-refractivity contribution in [3.8, 4) is 5.75 Å². The van der Waals surface area contributed by atoms with Crippen LogP contribution in [-0.4, -0.2) is 29.6 Å². The molecular formula is C19H21ClN3O2+. The number of nitrogens with one attached hydrogen (secondary N) is 1. The lowest BCUT2D eigenvalue weighted by molar-refractivity contribution is -0.894. The summed E-state index contributed by atoms with van der Waals surface area (Å²) in [4.78, 5) is 18.1. The predicted octanol–water partition coefficient (Wildman–Crippen LogP) is 1.75. The van der Waals surface area contributed by atoms with E-state index in [2.05, 4.69) is 12.0 Å². The van der Waals surface area contributed by atoms with E-state index in [0.29, 0.717) is 23.8 Å². The van der Waals surface area contributed by atoms with E-state index in [-0.39, 0.29) is 5.56 Å². The minimum Gasteiger partial charge on any atom is -0.488 e. The van der Waals surface area contributed by atoms with Crippen LogP contribution in [0.25, 0.3) is 5.65 Å². The van der Waals surface area contributed by atoms with Crippen LogP contribution in [0.15, 0.2) is 53.3 Å². The maximum atomic E-state index is 12.3. The van der Waals surface area contributed by atoms with Crippen molar-refractivity contribution in [2.75, 3.05) is 20.2 Å². The van der Waals surface area contributed by atoms with Gasteiger partial charge >= 0.3 is 0 Å². The van der Waals surface area contributed by atoms with Gasteiger partial charge in [-0.25, -0.2) is 4.98 Å². The average molecular weight is 359 g/mol. The second kappa shape index (κ2) is 7.68. The smallest absolute Gasteiger partial charge is 0.258 e. The number of hydrogen-bond donors (Lipinski definition) is 1. The van der Waals surface area contributed by atoms with E-state index in [0.717, 1.165) is 23.7 Å². The number of rotatable bonds is 6. The van der Waals surface area contributed by atoms with Crippen LogP contribution in [0.3, 0.4) is 0 Å². The Balaban J connectivity index is 1.61. The lowest BCUT2D eigenvalue weighted by atomic mass is 10.3. The first-order valence-corrected chi connectivity index (χ1v) is 8.59. The molecule has 1 aromatic carbocycles. The molecule has 6 heteroatoms. The predicted molar refractivity (Wildman–Crippen MR) is 98.6 cm³/mol. The molecular weight excluding hydrogens is 338 g/mol. The molecule has 2 heterocycles. The number of pyridine rings is 1. The molecule has 0 spiro atoms. The van der Waals surface area contributed by atoms with Gasteiger partial charge in [-0.3, -0.25) is 9.20 Å². The molecule has 1 atom stereocenters. The lowest BCUT2D eigenvalue weighted by Gasteiger charge is -2.14. The summed E-state index contributed by atoms with van der Waals surface area (Å²) < 4.78 is 7.34. The third-order valence-corrected chi connectivity index (χ3v) is 4.28. The largest absolute Gasteiger partial charge is 0.488 e. The average Bonchev–Trinajstić information content (AvgIpc) is 2.56. The van der Waals surface area contributed by atoms with Crippen LogP contribution in [0, 0.1) is 6.92 Å². The summed E-state index contributed by atoms with van der Waals surface area (Å²) in [5, 5.41) is 0.694. The van der Waals surface area contributed by atoms with E-state index in [1.54, 1.807) is 10.5 Å². The second-order valence-electron chi connectivity index (χ2n) is 6.13. The number of quaternary nitrogens is 1. The van der Waals surface area contributed by atoms with Crippen molar-refractivity contribution in [1.29, 1.82) is 0 Å². The molecule has 0 aliphatic carbocycles. The van der Waals surface area contributed by atoms with E-state index in [1.165, 1.54) is 4.90 Å². The van der Waals surface area contributed by atoms with Crippen molar-refractivity contribution in [3.05, 3.63) is 75.3 Å². The van der Waals surface area contributed by atoms with Gasteiger partial charge in [0, 0.05) is 16.8 Å². The second-order valence-corrected chi connectivity index (χ2v) is 6.57. The highest BCUT2D eigenvalue weighted by molar-refractivity contribution is 6.30. The van der Waals surface area contributed by atoms with Crippen molar-refractivity contribution in [2.24, 2.45) is 0 Å². The van der Waals surface area contributed by atoms with Gasteiger partial charge in [-0.2, -0.15) is 0 Å². The molecule has 3 rings (SSSR count). The number of ether oxygens (including phenoxy) is 1. The van der Waals surface area contributed by atoms with Gasteiger partial charge in [-0.05, 0) is 43.3 Å². The van der Waals surface area contributed by atoms with E-state index in [1.807, 2.05) is 49.4 Å². The highest BCUT2D eigenvalue weighted by atomic mass is 35.5. The standard InChI is InChI=1S/C19H20ClN3O2/c1-14-4-3-5-18-21-16(12-19(24)23(14)18)13-22(2)10-11-25-17-8-6-15(20)7-9-17/h3-9,12H,10-11,13H2,1-2H3/p+1. The number of hydrogen-bond acceptors (Lipinski definition) is 3. The molecule has 5 nitrogen and oxygen atoms in total. The van der Waals surface area contributed by atoms with Crippen LogP contribution in [0.4, 0.5) is 0 Å². The van der Waals surface area contributed by atoms with Gasteiger partial charge in [0.15, 0.2) is 0 Å². The maximum Gasteiger partial charge on any atom is 0.258 e. The summed E-state index contributed by atoms with van der Waals surface area (Å²) in [6.45, 7) is 3.96. The Morgan fingerprint density at radius 1 is 1.20 bits per heavy atom. The van der Waals surface area contributed by atoms with Crippen molar-refractivity contribution in [3.63, 3.8) is 0 Å². The monoisotopic (exact) mass is 358 g/mol. The number of fused-ring (bicyclic) bond motifs is 1. The fourth-order valence-corrected chi connectivity index (χ4v) is 2.85. The number of aromatic nitrogens is 2. The van der Waals surface area contributed by atoms with Gasteiger partial charge in [0.05, 0.1) is 7.05 Å². The van der Waals surface area contributed by atoms with Crippen molar-refractivity contribution in [1.82, 2.24) is 9.38 Å². The maximum absolute atomic E-state index is 12.3. The Kier molecular flexibility index (Phi) is 5.36.